The van der Waals surface area contributed by atoms with E-state index in [1.54, 1.807) is 30.3 Å². The monoisotopic (exact) mass is 418 g/mol. The van der Waals surface area contributed by atoms with Crippen molar-refractivity contribution in [3.05, 3.63) is 68.1 Å². The third kappa shape index (κ3) is 5.65. The maximum Gasteiger partial charge on any atom is 0.250 e. The maximum absolute atomic E-state index is 11.9. The molecule has 2 N–H and O–H groups in total. The highest BCUT2D eigenvalue weighted by Crippen LogP contribution is 2.32. The number of thiocarbonyl (C=S) groups is 1. The van der Waals surface area contributed by atoms with E-state index >= 15 is 0 Å². The first-order chi connectivity index (χ1) is 11.3. The molecule has 24 heavy (non-hydrogen) atoms. The molecule has 0 saturated carbocycles. The van der Waals surface area contributed by atoms with Gasteiger partial charge < -0.3 is 5.32 Å². The van der Waals surface area contributed by atoms with Crippen molar-refractivity contribution in [2.45, 2.75) is 0 Å². The third-order valence-electron chi connectivity index (χ3n) is 2.79. The summed E-state index contributed by atoms with van der Waals surface area (Å²) in [6.45, 7) is 0. The smallest absolute Gasteiger partial charge is 0.250 e. The Bertz CT molecular complexity index is 806. The summed E-state index contributed by atoms with van der Waals surface area (Å²) in [6, 6.07) is 10.1. The number of halogens is 4. The molecule has 3 nitrogen and oxygen atoms in total. The number of rotatable bonds is 3. The van der Waals surface area contributed by atoms with Gasteiger partial charge in [0.25, 0.3) is 0 Å². The zero-order valence-electron chi connectivity index (χ0n) is 11.9. The normalized spacial score (nSPS) is 10.7. The first kappa shape index (κ1) is 19.0. The van der Waals surface area contributed by atoms with Crippen LogP contribution in [0.15, 0.2) is 42.5 Å². The van der Waals surface area contributed by atoms with Crippen LogP contribution in [0, 0.1) is 0 Å². The molecule has 2 aromatic rings. The van der Waals surface area contributed by atoms with Gasteiger partial charge in [0.1, 0.15) is 0 Å². The first-order valence-electron chi connectivity index (χ1n) is 6.55. The van der Waals surface area contributed by atoms with Crippen LogP contribution in [0.4, 0.5) is 5.69 Å². The second-order valence-electron chi connectivity index (χ2n) is 4.57. The SMILES string of the molecule is O=C(/C=C/c1ccc(Cl)cc1)NC(=S)Nc1cc(Cl)c(Cl)cc1Cl. The Hall–Kier alpha value is -1.30. The van der Waals surface area contributed by atoms with E-state index in [1.165, 1.54) is 18.2 Å². The maximum atomic E-state index is 11.9. The van der Waals surface area contributed by atoms with E-state index in [9.17, 15) is 4.79 Å². The molecule has 0 aliphatic rings. The van der Waals surface area contributed by atoms with E-state index in [0.717, 1.165) is 5.56 Å². The molecule has 0 saturated heterocycles. The lowest BCUT2D eigenvalue weighted by Gasteiger charge is -2.10. The largest absolute Gasteiger partial charge is 0.331 e. The van der Waals surface area contributed by atoms with Gasteiger partial charge in [0, 0.05) is 11.1 Å². The second kappa shape index (κ2) is 8.70. The van der Waals surface area contributed by atoms with E-state index in [2.05, 4.69) is 10.6 Å². The van der Waals surface area contributed by atoms with Crippen molar-refractivity contribution in [3.63, 3.8) is 0 Å². The Kier molecular flexibility index (Phi) is 6.90. The minimum absolute atomic E-state index is 0.0843. The fourth-order valence-electron chi connectivity index (χ4n) is 1.67. The highest BCUT2D eigenvalue weighted by Gasteiger charge is 2.08. The van der Waals surface area contributed by atoms with Crippen LogP contribution in [0.5, 0.6) is 0 Å². The number of amides is 1. The molecule has 124 valence electrons. The number of benzene rings is 2. The van der Waals surface area contributed by atoms with Crippen molar-refractivity contribution in [1.82, 2.24) is 5.32 Å². The van der Waals surface area contributed by atoms with Crippen LogP contribution < -0.4 is 10.6 Å². The molecule has 0 unspecified atom stereocenters. The third-order valence-corrected chi connectivity index (χ3v) is 4.28. The number of hydrogen-bond acceptors (Lipinski definition) is 2. The van der Waals surface area contributed by atoms with E-state index in [4.69, 9.17) is 58.6 Å². The lowest BCUT2D eigenvalue weighted by atomic mass is 10.2. The van der Waals surface area contributed by atoms with E-state index in [-0.39, 0.29) is 5.11 Å². The number of anilines is 1. The molecule has 2 rings (SSSR count). The summed E-state index contributed by atoms with van der Waals surface area (Å²) in [7, 11) is 0. The minimum atomic E-state index is -0.390. The number of carbonyl (C=O) groups excluding carboxylic acids is 1. The Morgan fingerprint density at radius 1 is 0.958 bits per heavy atom. The summed E-state index contributed by atoms with van der Waals surface area (Å²) in [5.74, 6) is -0.390. The second-order valence-corrected chi connectivity index (χ2v) is 6.64. The summed E-state index contributed by atoms with van der Waals surface area (Å²) < 4.78 is 0. The fourth-order valence-corrected chi connectivity index (χ4v) is 2.60. The van der Waals surface area contributed by atoms with Crippen LogP contribution in [0.1, 0.15) is 5.56 Å². The molecule has 2 aromatic carbocycles. The van der Waals surface area contributed by atoms with Gasteiger partial charge in [0.15, 0.2) is 5.11 Å². The molecular formula is C16H10Cl4N2OS. The molecule has 0 heterocycles. The lowest BCUT2D eigenvalue weighted by molar-refractivity contribution is -0.115. The standard InChI is InChI=1S/C16H10Cl4N2OS/c17-10-4-1-9(2-5-10)3-6-15(23)22-16(24)21-14-8-12(19)11(18)7-13(14)20/h1-8H,(H2,21,22,23,24)/b6-3+. The van der Waals surface area contributed by atoms with Crippen LogP contribution in [0.25, 0.3) is 6.08 Å². The van der Waals surface area contributed by atoms with Crippen molar-refractivity contribution in [1.29, 1.82) is 0 Å². The highest BCUT2D eigenvalue weighted by atomic mass is 35.5. The lowest BCUT2D eigenvalue weighted by Crippen LogP contribution is -2.32. The van der Waals surface area contributed by atoms with Gasteiger partial charge in [-0.25, -0.2) is 0 Å². The molecule has 0 radical (unpaired) electrons. The van der Waals surface area contributed by atoms with Gasteiger partial charge in [-0.05, 0) is 48.1 Å². The predicted octanol–water partition coefficient (Wildman–Crippen LogP) is 5.83. The van der Waals surface area contributed by atoms with Gasteiger partial charge in [-0.2, -0.15) is 0 Å². The first-order valence-corrected chi connectivity index (χ1v) is 8.47. The van der Waals surface area contributed by atoms with Crippen molar-refractivity contribution in [2.24, 2.45) is 0 Å². The molecule has 0 aliphatic carbocycles. The van der Waals surface area contributed by atoms with Gasteiger partial charge in [0.05, 0.1) is 20.8 Å². The van der Waals surface area contributed by atoms with Crippen molar-refractivity contribution in [3.8, 4) is 0 Å². The van der Waals surface area contributed by atoms with E-state index < -0.39 is 5.91 Å². The molecule has 0 aliphatic heterocycles. The van der Waals surface area contributed by atoms with Gasteiger partial charge >= 0.3 is 0 Å². The van der Waals surface area contributed by atoms with Crippen molar-refractivity contribution in [2.75, 3.05) is 5.32 Å². The molecule has 0 aromatic heterocycles. The molecule has 8 heteroatoms. The Morgan fingerprint density at radius 2 is 1.58 bits per heavy atom. The van der Waals surface area contributed by atoms with Gasteiger partial charge in [-0.15, -0.1) is 0 Å². The molecule has 1 amide bonds. The highest BCUT2D eigenvalue weighted by molar-refractivity contribution is 7.80. The minimum Gasteiger partial charge on any atom is -0.331 e. The van der Waals surface area contributed by atoms with E-state index in [1.807, 2.05) is 0 Å². The molecule has 0 atom stereocenters. The zero-order chi connectivity index (χ0) is 17.7. The van der Waals surface area contributed by atoms with Crippen LogP contribution >= 0.6 is 58.6 Å². The summed E-state index contributed by atoms with van der Waals surface area (Å²) in [5, 5.41) is 6.98. The number of carbonyl (C=O) groups is 1. The van der Waals surface area contributed by atoms with Gasteiger partial charge in [0.2, 0.25) is 5.91 Å². The predicted molar refractivity (Wildman–Crippen MR) is 106 cm³/mol. The Labute approximate surface area is 164 Å². The van der Waals surface area contributed by atoms with Gasteiger partial charge in [-0.3, -0.25) is 10.1 Å². The molecule has 0 bridgehead atoms. The summed E-state index contributed by atoms with van der Waals surface area (Å²) >= 11 is 28.7. The van der Waals surface area contributed by atoms with Crippen LogP contribution in [-0.2, 0) is 4.79 Å². The Balaban J connectivity index is 1.95. The van der Waals surface area contributed by atoms with Crippen LogP contribution in [0.2, 0.25) is 20.1 Å². The quantitative estimate of drug-likeness (QED) is 0.373. The fraction of sp³-hybridized carbons (Fsp3) is 0. The summed E-state index contributed by atoms with van der Waals surface area (Å²) in [4.78, 5) is 11.9. The number of nitrogens with one attached hydrogen (secondary N) is 2. The molecule has 0 spiro atoms. The Morgan fingerprint density at radius 3 is 2.25 bits per heavy atom. The van der Waals surface area contributed by atoms with Crippen LogP contribution in [-0.4, -0.2) is 11.0 Å². The average molecular weight is 420 g/mol. The summed E-state index contributed by atoms with van der Waals surface area (Å²) in [6.07, 6.45) is 2.99. The average Bonchev–Trinajstić information content (AvgIpc) is 2.52. The summed E-state index contributed by atoms with van der Waals surface area (Å²) in [5.41, 5.74) is 1.28. The zero-order valence-corrected chi connectivity index (χ0v) is 15.8. The van der Waals surface area contributed by atoms with Crippen molar-refractivity contribution >= 4 is 81.4 Å². The van der Waals surface area contributed by atoms with Gasteiger partial charge in [-0.1, -0.05) is 58.5 Å². The van der Waals surface area contributed by atoms with E-state index in [0.29, 0.717) is 25.8 Å². The number of hydrogen-bond donors (Lipinski definition) is 2. The topological polar surface area (TPSA) is 41.1 Å². The molecule has 0 fully saturated rings. The van der Waals surface area contributed by atoms with Crippen LogP contribution in [0.3, 0.4) is 0 Å². The van der Waals surface area contributed by atoms with Crippen molar-refractivity contribution < 1.29 is 4.79 Å². The molecular weight excluding hydrogens is 410 g/mol.